The first-order valence-corrected chi connectivity index (χ1v) is 10.0. The highest BCUT2D eigenvalue weighted by molar-refractivity contribution is 5.78. The molecule has 1 saturated heterocycles. The fraction of sp³-hybridized carbons (Fsp3) is 0.381. The second-order valence-corrected chi connectivity index (χ2v) is 7.94. The van der Waals surface area contributed by atoms with Gasteiger partial charge < -0.3 is 10.6 Å². The van der Waals surface area contributed by atoms with Gasteiger partial charge in [0.1, 0.15) is 0 Å². The maximum atomic E-state index is 12.7. The first-order chi connectivity index (χ1) is 14.7. The lowest BCUT2D eigenvalue weighted by atomic mass is 10.00. The number of amides is 1. The second-order valence-electron chi connectivity index (χ2n) is 7.94. The molecule has 0 bridgehead atoms. The molecule has 0 saturated carbocycles. The van der Waals surface area contributed by atoms with E-state index in [0.29, 0.717) is 36.9 Å². The molecule has 0 spiro atoms. The normalized spacial score (nSPS) is 17.9. The van der Waals surface area contributed by atoms with Gasteiger partial charge in [-0.2, -0.15) is 18.2 Å². The van der Waals surface area contributed by atoms with Gasteiger partial charge in [-0.15, -0.1) is 5.10 Å². The Labute approximate surface area is 177 Å². The van der Waals surface area contributed by atoms with E-state index in [2.05, 4.69) is 39.5 Å². The molecule has 1 amide bonds. The third kappa shape index (κ3) is 4.63. The summed E-state index contributed by atoms with van der Waals surface area (Å²) in [7, 11) is 0. The van der Waals surface area contributed by atoms with Crippen LogP contribution in [0.4, 0.5) is 24.8 Å². The number of anilines is 2. The number of piperazine rings is 1. The van der Waals surface area contributed by atoms with Crippen molar-refractivity contribution in [3.63, 3.8) is 0 Å². The standard InChI is InChI=1S/C21H23F3N6O/c1-13(2)17-10-25-19(31)12-29(17)11-16-4-3-5-18-27-20(28-30(16)18)26-15-8-6-14(7-9-15)21(22,23)24/h3-9,13,17H,10-12H2,1-2H3,(H,25,31)(H,26,28). The Bertz CT molecular complexity index is 1080. The molecule has 1 aromatic carbocycles. The van der Waals surface area contributed by atoms with Gasteiger partial charge in [0.25, 0.3) is 0 Å². The van der Waals surface area contributed by atoms with Crippen LogP contribution in [-0.4, -0.2) is 44.5 Å². The number of nitrogens with zero attached hydrogens (tertiary/aromatic N) is 4. The van der Waals surface area contributed by atoms with Crippen molar-refractivity contribution in [3.8, 4) is 0 Å². The Balaban J connectivity index is 1.56. The largest absolute Gasteiger partial charge is 0.416 e. The van der Waals surface area contributed by atoms with E-state index in [1.807, 2.05) is 12.1 Å². The van der Waals surface area contributed by atoms with Crippen LogP contribution >= 0.6 is 0 Å². The van der Waals surface area contributed by atoms with Gasteiger partial charge in [-0.1, -0.05) is 19.9 Å². The van der Waals surface area contributed by atoms with E-state index >= 15 is 0 Å². The molecule has 0 radical (unpaired) electrons. The zero-order chi connectivity index (χ0) is 22.2. The summed E-state index contributed by atoms with van der Waals surface area (Å²) in [6, 6.07) is 10.5. The van der Waals surface area contributed by atoms with Crippen molar-refractivity contribution >= 4 is 23.2 Å². The second kappa shape index (κ2) is 8.18. The lowest BCUT2D eigenvalue weighted by Crippen LogP contribution is -2.55. The van der Waals surface area contributed by atoms with Crippen LogP contribution < -0.4 is 10.6 Å². The lowest BCUT2D eigenvalue weighted by molar-refractivity contribution is -0.137. The van der Waals surface area contributed by atoms with E-state index in [1.54, 1.807) is 10.6 Å². The number of pyridine rings is 1. The minimum absolute atomic E-state index is 0.00711. The number of nitrogens with one attached hydrogen (secondary N) is 2. The van der Waals surface area contributed by atoms with Crippen molar-refractivity contribution in [1.82, 2.24) is 24.8 Å². The molecule has 164 valence electrons. The molecule has 7 nitrogen and oxygen atoms in total. The Morgan fingerprint density at radius 2 is 1.94 bits per heavy atom. The smallest absolute Gasteiger partial charge is 0.353 e. The molecule has 4 rings (SSSR count). The van der Waals surface area contributed by atoms with Gasteiger partial charge in [0.15, 0.2) is 5.65 Å². The van der Waals surface area contributed by atoms with Crippen LogP contribution in [0.25, 0.3) is 5.65 Å². The van der Waals surface area contributed by atoms with Crippen LogP contribution in [0.15, 0.2) is 42.5 Å². The predicted octanol–water partition coefficient (Wildman–Crippen LogP) is 3.45. The van der Waals surface area contributed by atoms with Crippen molar-refractivity contribution in [2.24, 2.45) is 5.92 Å². The van der Waals surface area contributed by atoms with Crippen LogP contribution in [-0.2, 0) is 17.5 Å². The fourth-order valence-corrected chi connectivity index (χ4v) is 3.75. The number of alkyl halides is 3. The first kappa shape index (κ1) is 21.1. The molecular weight excluding hydrogens is 409 g/mol. The van der Waals surface area contributed by atoms with Crippen LogP contribution in [0, 0.1) is 5.92 Å². The summed E-state index contributed by atoms with van der Waals surface area (Å²) < 4.78 is 39.9. The number of aromatic nitrogens is 3. The first-order valence-electron chi connectivity index (χ1n) is 10.0. The van der Waals surface area contributed by atoms with Crippen molar-refractivity contribution in [3.05, 3.63) is 53.7 Å². The summed E-state index contributed by atoms with van der Waals surface area (Å²) in [6.07, 6.45) is -4.38. The maximum absolute atomic E-state index is 12.7. The Morgan fingerprint density at radius 1 is 1.19 bits per heavy atom. The lowest BCUT2D eigenvalue weighted by Gasteiger charge is -2.37. The monoisotopic (exact) mass is 432 g/mol. The Hall–Kier alpha value is -3.14. The predicted molar refractivity (Wildman–Crippen MR) is 110 cm³/mol. The number of fused-ring (bicyclic) bond motifs is 1. The zero-order valence-corrected chi connectivity index (χ0v) is 17.1. The van der Waals surface area contributed by atoms with Gasteiger partial charge in [-0.3, -0.25) is 9.69 Å². The third-order valence-corrected chi connectivity index (χ3v) is 5.37. The van der Waals surface area contributed by atoms with E-state index in [9.17, 15) is 18.0 Å². The highest BCUT2D eigenvalue weighted by atomic mass is 19.4. The third-order valence-electron chi connectivity index (χ3n) is 5.37. The van der Waals surface area contributed by atoms with Crippen LogP contribution in [0.5, 0.6) is 0 Å². The zero-order valence-electron chi connectivity index (χ0n) is 17.1. The molecular formula is C21H23F3N6O. The topological polar surface area (TPSA) is 74.6 Å². The van der Waals surface area contributed by atoms with Gasteiger partial charge >= 0.3 is 6.18 Å². The summed E-state index contributed by atoms with van der Waals surface area (Å²) in [4.78, 5) is 18.5. The molecule has 1 fully saturated rings. The van der Waals surface area contributed by atoms with Crippen molar-refractivity contribution < 1.29 is 18.0 Å². The highest BCUT2D eigenvalue weighted by Crippen LogP contribution is 2.30. The summed E-state index contributed by atoms with van der Waals surface area (Å²) >= 11 is 0. The number of hydrogen-bond donors (Lipinski definition) is 2. The molecule has 2 aromatic heterocycles. The molecule has 31 heavy (non-hydrogen) atoms. The van der Waals surface area contributed by atoms with E-state index < -0.39 is 11.7 Å². The average molecular weight is 432 g/mol. The van der Waals surface area contributed by atoms with E-state index in [1.165, 1.54) is 12.1 Å². The van der Waals surface area contributed by atoms with Crippen molar-refractivity contribution in [1.29, 1.82) is 0 Å². The molecule has 1 unspecified atom stereocenters. The summed E-state index contributed by atoms with van der Waals surface area (Å²) in [5.41, 5.74) is 1.21. The van der Waals surface area contributed by atoms with E-state index in [-0.39, 0.29) is 17.9 Å². The molecule has 3 aromatic rings. The minimum atomic E-state index is -4.38. The van der Waals surface area contributed by atoms with Gasteiger partial charge in [0.2, 0.25) is 11.9 Å². The van der Waals surface area contributed by atoms with E-state index in [4.69, 9.17) is 0 Å². The van der Waals surface area contributed by atoms with Crippen LogP contribution in [0.3, 0.4) is 0 Å². The summed E-state index contributed by atoms with van der Waals surface area (Å²) in [5, 5.41) is 10.3. The van der Waals surface area contributed by atoms with Crippen molar-refractivity contribution in [2.45, 2.75) is 32.6 Å². The number of halogens is 3. The van der Waals surface area contributed by atoms with Gasteiger partial charge in [0, 0.05) is 24.8 Å². The Morgan fingerprint density at radius 3 is 2.61 bits per heavy atom. The minimum Gasteiger partial charge on any atom is -0.353 e. The molecule has 3 heterocycles. The van der Waals surface area contributed by atoms with Gasteiger partial charge in [-0.25, -0.2) is 4.52 Å². The van der Waals surface area contributed by atoms with Crippen LogP contribution in [0.2, 0.25) is 0 Å². The molecule has 10 heteroatoms. The maximum Gasteiger partial charge on any atom is 0.416 e. The molecule has 2 N–H and O–H groups in total. The van der Waals surface area contributed by atoms with Crippen molar-refractivity contribution in [2.75, 3.05) is 18.4 Å². The fourth-order valence-electron chi connectivity index (χ4n) is 3.75. The van der Waals surface area contributed by atoms with Crippen LogP contribution in [0.1, 0.15) is 25.1 Å². The number of rotatable bonds is 5. The summed E-state index contributed by atoms with van der Waals surface area (Å²) in [6.45, 7) is 5.68. The molecule has 0 aliphatic carbocycles. The highest BCUT2D eigenvalue weighted by Gasteiger charge is 2.30. The van der Waals surface area contributed by atoms with Gasteiger partial charge in [0.05, 0.1) is 17.8 Å². The SMILES string of the molecule is CC(C)C1CNC(=O)CN1Cc1cccc2nc(Nc3ccc(C(F)(F)F)cc3)nn12. The average Bonchev–Trinajstić information content (AvgIpc) is 3.11. The quantitative estimate of drug-likeness (QED) is 0.646. The Kier molecular flexibility index (Phi) is 5.57. The van der Waals surface area contributed by atoms with E-state index in [0.717, 1.165) is 17.8 Å². The summed E-state index contributed by atoms with van der Waals surface area (Å²) in [5.74, 6) is 0.642. The molecule has 1 aliphatic rings. The number of carbonyl (C=O) groups is 1. The molecule has 1 atom stereocenters. The molecule has 1 aliphatic heterocycles. The number of hydrogen-bond acceptors (Lipinski definition) is 5. The number of benzene rings is 1. The number of carbonyl (C=O) groups excluding carboxylic acids is 1. The van der Waals surface area contributed by atoms with Gasteiger partial charge in [-0.05, 0) is 42.3 Å².